The third-order valence-electron chi connectivity index (χ3n) is 4.23. The van der Waals surface area contributed by atoms with Gasteiger partial charge in [-0.05, 0) is 49.3 Å². The molecule has 0 bridgehead atoms. The molecule has 2 aliphatic rings. The molecule has 3 rings (SSSR count). The van der Waals surface area contributed by atoms with Crippen LogP contribution in [0.25, 0.3) is 0 Å². The van der Waals surface area contributed by atoms with E-state index in [0.717, 1.165) is 30.4 Å². The summed E-state index contributed by atoms with van der Waals surface area (Å²) in [7, 11) is 0. The van der Waals surface area contributed by atoms with E-state index in [-0.39, 0.29) is 5.91 Å². The molecule has 1 aliphatic carbocycles. The van der Waals surface area contributed by atoms with Crippen LogP contribution in [0.2, 0.25) is 5.02 Å². The van der Waals surface area contributed by atoms with Gasteiger partial charge in [-0.25, -0.2) is 0 Å². The van der Waals surface area contributed by atoms with Gasteiger partial charge in [0.2, 0.25) is 0 Å². The maximum absolute atomic E-state index is 12.4. The summed E-state index contributed by atoms with van der Waals surface area (Å²) in [4.78, 5) is 14.3. The minimum absolute atomic E-state index is 0.0722. The molecular formula is C14H15BrClNO. The predicted molar refractivity (Wildman–Crippen MR) is 76.0 cm³/mol. The van der Waals surface area contributed by atoms with Crippen LogP contribution < -0.4 is 0 Å². The van der Waals surface area contributed by atoms with Gasteiger partial charge in [0.1, 0.15) is 0 Å². The number of amides is 1. The van der Waals surface area contributed by atoms with Gasteiger partial charge in [-0.15, -0.1) is 0 Å². The molecule has 1 aromatic rings. The Morgan fingerprint density at radius 3 is 2.44 bits per heavy atom. The van der Waals surface area contributed by atoms with Gasteiger partial charge in [-0.3, -0.25) is 4.79 Å². The molecule has 2 fully saturated rings. The second kappa shape index (κ2) is 4.53. The Kier molecular flexibility index (Phi) is 3.15. The topological polar surface area (TPSA) is 20.3 Å². The van der Waals surface area contributed by atoms with Crippen molar-refractivity contribution in [2.75, 3.05) is 13.1 Å². The highest BCUT2D eigenvalue weighted by molar-refractivity contribution is 9.10. The first-order valence-electron chi connectivity index (χ1n) is 6.34. The fraction of sp³-hybridized carbons (Fsp3) is 0.500. The van der Waals surface area contributed by atoms with E-state index < -0.39 is 0 Å². The molecule has 0 unspecified atom stereocenters. The van der Waals surface area contributed by atoms with Crippen LogP contribution in [0.4, 0.5) is 0 Å². The lowest BCUT2D eigenvalue weighted by molar-refractivity contribution is 0.0678. The van der Waals surface area contributed by atoms with Crippen LogP contribution in [-0.2, 0) is 0 Å². The summed E-state index contributed by atoms with van der Waals surface area (Å²) >= 11 is 9.49. The zero-order valence-corrected chi connectivity index (χ0v) is 12.4. The van der Waals surface area contributed by atoms with Crippen LogP contribution in [-0.4, -0.2) is 23.9 Å². The highest BCUT2D eigenvalue weighted by Crippen LogP contribution is 2.53. The van der Waals surface area contributed by atoms with E-state index in [9.17, 15) is 4.79 Å². The van der Waals surface area contributed by atoms with Crippen LogP contribution in [0, 0.1) is 5.41 Å². The molecule has 2 nitrogen and oxygen atoms in total. The van der Waals surface area contributed by atoms with Crippen molar-refractivity contribution in [1.82, 2.24) is 4.90 Å². The number of halogens is 2. The Hall–Kier alpha value is -0.540. The molecule has 1 saturated carbocycles. The second-order valence-electron chi connectivity index (χ2n) is 5.42. The quantitative estimate of drug-likeness (QED) is 0.759. The van der Waals surface area contributed by atoms with E-state index in [1.807, 2.05) is 11.0 Å². The molecule has 1 saturated heterocycles. The van der Waals surface area contributed by atoms with Crippen LogP contribution >= 0.6 is 27.5 Å². The highest BCUT2D eigenvalue weighted by atomic mass is 79.9. The monoisotopic (exact) mass is 327 g/mol. The van der Waals surface area contributed by atoms with Gasteiger partial charge in [-0.2, -0.15) is 0 Å². The van der Waals surface area contributed by atoms with E-state index in [1.54, 1.807) is 12.1 Å². The van der Waals surface area contributed by atoms with E-state index >= 15 is 0 Å². The molecule has 18 heavy (non-hydrogen) atoms. The number of nitrogens with zero attached hydrogens (tertiary/aromatic N) is 1. The Morgan fingerprint density at radius 1 is 1.22 bits per heavy atom. The average molecular weight is 329 g/mol. The van der Waals surface area contributed by atoms with Gasteiger partial charge in [0, 0.05) is 17.6 Å². The van der Waals surface area contributed by atoms with E-state index in [2.05, 4.69) is 15.9 Å². The summed E-state index contributed by atoms with van der Waals surface area (Å²) in [6.07, 6.45) is 5.03. The first kappa shape index (κ1) is 12.5. The number of hydrogen-bond donors (Lipinski definition) is 0. The van der Waals surface area contributed by atoms with Crippen molar-refractivity contribution >= 4 is 33.4 Å². The summed E-state index contributed by atoms with van der Waals surface area (Å²) in [5.41, 5.74) is 1.21. The number of likely N-dealkylation sites (tertiary alicyclic amines) is 1. The summed E-state index contributed by atoms with van der Waals surface area (Å²) < 4.78 is 0.902. The number of piperidine rings is 1. The van der Waals surface area contributed by atoms with Crippen LogP contribution in [0.5, 0.6) is 0 Å². The fourth-order valence-corrected chi connectivity index (χ4v) is 3.45. The Bertz CT molecular complexity index is 489. The smallest absolute Gasteiger partial charge is 0.255 e. The fourth-order valence-electron chi connectivity index (χ4n) is 2.69. The first-order chi connectivity index (χ1) is 8.60. The lowest BCUT2D eigenvalue weighted by Crippen LogP contribution is -2.39. The molecule has 0 N–H and O–H groups in total. The molecule has 1 spiro atoms. The Balaban J connectivity index is 1.74. The molecule has 0 atom stereocenters. The number of hydrogen-bond acceptors (Lipinski definition) is 1. The van der Waals surface area contributed by atoms with Crippen LogP contribution in [0.1, 0.15) is 36.0 Å². The van der Waals surface area contributed by atoms with E-state index in [4.69, 9.17) is 11.6 Å². The summed E-state index contributed by atoms with van der Waals surface area (Å²) in [6, 6.07) is 5.45. The molecule has 1 amide bonds. The van der Waals surface area contributed by atoms with Gasteiger partial charge in [-0.1, -0.05) is 27.5 Å². The summed E-state index contributed by atoms with van der Waals surface area (Å²) in [5.74, 6) is 0.0722. The van der Waals surface area contributed by atoms with Crippen LogP contribution in [0.3, 0.4) is 0 Å². The Morgan fingerprint density at radius 2 is 1.89 bits per heavy atom. The van der Waals surface area contributed by atoms with Crippen molar-refractivity contribution in [3.05, 3.63) is 33.3 Å². The van der Waals surface area contributed by atoms with Gasteiger partial charge in [0.05, 0.1) is 10.6 Å². The van der Waals surface area contributed by atoms with Gasteiger partial charge in [0.15, 0.2) is 0 Å². The van der Waals surface area contributed by atoms with Crippen LogP contribution in [0.15, 0.2) is 22.7 Å². The van der Waals surface area contributed by atoms with E-state index in [0.29, 0.717) is 16.0 Å². The average Bonchev–Trinajstić information content (AvgIpc) is 3.09. The predicted octanol–water partition coefficient (Wildman–Crippen LogP) is 4.12. The lowest BCUT2D eigenvalue weighted by atomic mass is 9.93. The standard InChI is InChI=1S/C14H15BrClNO/c15-10-1-2-11(12(16)9-10)13(18)17-7-5-14(3-4-14)6-8-17/h1-2,9H,3-8H2. The van der Waals surface area contributed by atoms with Crippen molar-refractivity contribution in [2.45, 2.75) is 25.7 Å². The third-order valence-corrected chi connectivity index (χ3v) is 5.04. The van der Waals surface area contributed by atoms with Gasteiger partial charge in [0.25, 0.3) is 5.91 Å². The molecular weight excluding hydrogens is 314 g/mol. The molecule has 0 radical (unpaired) electrons. The van der Waals surface area contributed by atoms with Gasteiger partial charge < -0.3 is 4.90 Å². The normalized spacial score (nSPS) is 21.1. The zero-order valence-electron chi connectivity index (χ0n) is 10.1. The van der Waals surface area contributed by atoms with Crippen molar-refractivity contribution in [3.8, 4) is 0 Å². The molecule has 96 valence electrons. The SMILES string of the molecule is O=C(c1ccc(Br)cc1Cl)N1CCC2(CC1)CC2. The maximum atomic E-state index is 12.4. The minimum Gasteiger partial charge on any atom is -0.339 e. The molecule has 0 aromatic heterocycles. The number of carbonyl (C=O) groups excluding carboxylic acids is 1. The van der Waals surface area contributed by atoms with Crippen molar-refractivity contribution in [3.63, 3.8) is 0 Å². The zero-order chi connectivity index (χ0) is 12.8. The van der Waals surface area contributed by atoms with Crippen molar-refractivity contribution in [1.29, 1.82) is 0 Å². The van der Waals surface area contributed by atoms with Crippen molar-refractivity contribution in [2.24, 2.45) is 5.41 Å². The number of benzene rings is 1. The third kappa shape index (κ3) is 2.30. The van der Waals surface area contributed by atoms with Gasteiger partial charge >= 0.3 is 0 Å². The first-order valence-corrected chi connectivity index (χ1v) is 7.51. The largest absolute Gasteiger partial charge is 0.339 e. The second-order valence-corrected chi connectivity index (χ2v) is 6.74. The lowest BCUT2D eigenvalue weighted by Gasteiger charge is -2.32. The molecule has 4 heteroatoms. The molecule has 1 aliphatic heterocycles. The minimum atomic E-state index is 0.0722. The maximum Gasteiger partial charge on any atom is 0.255 e. The summed E-state index contributed by atoms with van der Waals surface area (Å²) in [6.45, 7) is 1.76. The molecule has 1 heterocycles. The number of carbonyl (C=O) groups is 1. The molecule has 1 aromatic carbocycles. The van der Waals surface area contributed by atoms with E-state index in [1.165, 1.54) is 12.8 Å². The highest BCUT2D eigenvalue weighted by Gasteiger charge is 2.45. The Labute approximate surface area is 120 Å². The summed E-state index contributed by atoms with van der Waals surface area (Å²) in [5, 5.41) is 0.529. The number of rotatable bonds is 1. The van der Waals surface area contributed by atoms with Crippen molar-refractivity contribution < 1.29 is 4.79 Å².